The Morgan fingerprint density at radius 1 is 0.550 bits per heavy atom. The van der Waals surface area contributed by atoms with E-state index in [1.165, 1.54) is 26.9 Å². The zero-order valence-corrected chi connectivity index (χ0v) is 11.8. The SMILES string of the molecule is CC.c1ccc2c(c1)c1ccccc1c1ncccc21. The van der Waals surface area contributed by atoms with Gasteiger partial charge >= 0.3 is 0 Å². The lowest BCUT2D eigenvalue weighted by atomic mass is 9.97. The molecule has 0 N–H and O–H groups in total. The third kappa shape index (κ3) is 1.83. The second-order valence-electron chi connectivity index (χ2n) is 4.49. The molecule has 0 aliphatic carbocycles. The van der Waals surface area contributed by atoms with Gasteiger partial charge in [0.05, 0.1) is 5.52 Å². The highest BCUT2D eigenvalue weighted by molar-refractivity contribution is 6.23. The van der Waals surface area contributed by atoms with Gasteiger partial charge in [0.25, 0.3) is 0 Å². The van der Waals surface area contributed by atoms with Crippen LogP contribution in [0.2, 0.25) is 0 Å². The maximum Gasteiger partial charge on any atom is 0.0786 e. The largest absolute Gasteiger partial charge is 0.256 e. The molecule has 0 saturated heterocycles. The molecular formula is C19H17N. The van der Waals surface area contributed by atoms with E-state index in [0.29, 0.717) is 0 Å². The van der Waals surface area contributed by atoms with Crippen molar-refractivity contribution < 1.29 is 0 Å². The predicted octanol–water partition coefficient (Wildman–Crippen LogP) is 5.57. The van der Waals surface area contributed by atoms with Gasteiger partial charge in [-0.15, -0.1) is 0 Å². The zero-order chi connectivity index (χ0) is 13.9. The third-order valence-corrected chi connectivity index (χ3v) is 3.50. The maximum atomic E-state index is 4.56. The van der Waals surface area contributed by atoms with Crippen LogP contribution in [0.15, 0.2) is 66.9 Å². The van der Waals surface area contributed by atoms with Crippen LogP contribution in [-0.2, 0) is 0 Å². The van der Waals surface area contributed by atoms with E-state index in [1.54, 1.807) is 0 Å². The van der Waals surface area contributed by atoms with Crippen LogP contribution in [0.1, 0.15) is 13.8 Å². The molecule has 0 aliphatic rings. The highest BCUT2D eigenvalue weighted by atomic mass is 14.6. The maximum absolute atomic E-state index is 4.56. The average molecular weight is 259 g/mol. The molecule has 0 saturated carbocycles. The monoisotopic (exact) mass is 259 g/mol. The molecule has 0 fully saturated rings. The Morgan fingerprint density at radius 3 is 1.50 bits per heavy atom. The summed E-state index contributed by atoms with van der Waals surface area (Å²) in [7, 11) is 0. The van der Waals surface area contributed by atoms with E-state index < -0.39 is 0 Å². The van der Waals surface area contributed by atoms with Gasteiger partial charge in [-0.1, -0.05) is 68.4 Å². The molecule has 1 nitrogen and oxygen atoms in total. The van der Waals surface area contributed by atoms with Gasteiger partial charge in [0.1, 0.15) is 0 Å². The predicted molar refractivity (Wildman–Crippen MR) is 88.1 cm³/mol. The van der Waals surface area contributed by atoms with Crippen molar-refractivity contribution in [1.29, 1.82) is 0 Å². The minimum absolute atomic E-state index is 1.09. The summed E-state index contributed by atoms with van der Waals surface area (Å²) in [5.41, 5.74) is 1.09. The fourth-order valence-electron chi connectivity index (χ4n) is 2.71. The number of hydrogen-bond donors (Lipinski definition) is 0. The van der Waals surface area contributed by atoms with Crippen molar-refractivity contribution in [2.45, 2.75) is 13.8 Å². The Labute approximate surface area is 118 Å². The fourth-order valence-corrected chi connectivity index (χ4v) is 2.71. The summed E-state index contributed by atoms with van der Waals surface area (Å²) in [6.07, 6.45) is 1.86. The number of aromatic nitrogens is 1. The summed E-state index contributed by atoms with van der Waals surface area (Å²) in [6, 6.07) is 21.2. The van der Waals surface area contributed by atoms with E-state index in [2.05, 4.69) is 59.6 Å². The molecule has 4 rings (SSSR count). The van der Waals surface area contributed by atoms with Gasteiger partial charge < -0.3 is 0 Å². The van der Waals surface area contributed by atoms with Gasteiger partial charge in [0.2, 0.25) is 0 Å². The molecule has 98 valence electrons. The minimum atomic E-state index is 1.09. The normalized spacial score (nSPS) is 10.5. The van der Waals surface area contributed by atoms with Gasteiger partial charge in [-0.05, 0) is 22.2 Å². The number of benzene rings is 3. The third-order valence-electron chi connectivity index (χ3n) is 3.50. The van der Waals surface area contributed by atoms with Crippen LogP contribution in [0, 0.1) is 0 Å². The molecule has 0 aliphatic heterocycles. The molecule has 20 heavy (non-hydrogen) atoms. The van der Waals surface area contributed by atoms with Crippen molar-refractivity contribution in [3.8, 4) is 0 Å². The smallest absolute Gasteiger partial charge is 0.0786 e. The number of hydrogen-bond acceptors (Lipinski definition) is 1. The van der Waals surface area contributed by atoms with Crippen LogP contribution in [-0.4, -0.2) is 4.98 Å². The summed E-state index contributed by atoms with van der Waals surface area (Å²) in [5.74, 6) is 0. The van der Waals surface area contributed by atoms with Crippen molar-refractivity contribution in [1.82, 2.24) is 4.98 Å². The summed E-state index contributed by atoms with van der Waals surface area (Å²) in [6.45, 7) is 4.00. The Kier molecular flexibility index (Phi) is 3.34. The van der Waals surface area contributed by atoms with E-state index in [0.717, 1.165) is 5.52 Å². The Balaban J connectivity index is 0.000000581. The summed E-state index contributed by atoms with van der Waals surface area (Å²) >= 11 is 0. The van der Waals surface area contributed by atoms with Gasteiger partial charge in [-0.25, -0.2) is 0 Å². The van der Waals surface area contributed by atoms with Gasteiger partial charge in [-0.3, -0.25) is 4.98 Å². The quantitative estimate of drug-likeness (QED) is 0.376. The van der Waals surface area contributed by atoms with Crippen LogP contribution in [0.4, 0.5) is 0 Å². The van der Waals surface area contributed by atoms with Crippen LogP contribution in [0.5, 0.6) is 0 Å². The second kappa shape index (κ2) is 5.30. The minimum Gasteiger partial charge on any atom is -0.256 e. The standard InChI is InChI=1S/C17H11N.C2H6/c1-2-7-14-12(6-1)13-8-3-4-9-15(13)17-16(14)10-5-11-18-17;1-2/h1-11H;1-2H3. The summed E-state index contributed by atoms with van der Waals surface area (Å²) in [4.78, 5) is 4.56. The Morgan fingerprint density at radius 2 is 0.950 bits per heavy atom. The van der Waals surface area contributed by atoms with E-state index in [9.17, 15) is 0 Å². The lowest BCUT2D eigenvalue weighted by Gasteiger charge is -2.08. The number of rotatable bonds is 0. The topological polar surface area (TPSA) is 12.9 Å². The Hall–Kier alpha value is -2.41. The lowest BCUT2D eigenvalue weighted by molar-refractivity contribution is 1.43. The van der Waals surface area contributed by atoms with Gasteiger partial charge in [0, 0.05) is 17.0 Å². The first-order valence-corrected chi connectivity index (χ1v) is 7.09. The van der Waals surface area contributed by atoms with Crippen LogP contribution < -0.4 is 0 Å². The van der Waals surface area contributed by atoms with Crippen LogP contribution in [0.25, 0.3) is 32.4 Å². The number of nitrogens with zero attached hydrogens (tertiary/aromatic N) is 1. The molecule has 0 bridgehead atoms. The Bertz CT molecular complexity index is 657. The molecule has 1 heterocycles. The fraction of sp³-hybridized carbons (Fsp3) is 0.105. The second-order valence-corrected chi connectivity index (χ2v) is 4.49. The molecule has 0 amide bonds. The van der Waals surface area contributed by atoms with Crippen molar-refractivity contribution in [2.24, 2.45) is 0 Å². The van der Waals surface area contributed by atoms with Crippen LogP contribution in [0.3, 0.4) is 0 Å². The van der Waals surface area contributed by atoms with E-state index in [4.69, 9.17) is 0 Å². The molecule has 0 spiro atoms. The van der Waals surface area contributed by atoms with Crippen molar-refractivity contribution in [2.75, 3.05) is 0 Å². The van der Waals surface area contributed by atoms with Crippen molar-refractivity contribution in [3.05, 3.63) is 66.9 Å². The van der Waals surface area contributed by atoms with E-state index in [-0.39, 0.29) is 0 Å². The van der Waals surface area contributed by atoms with Crippen molar-refractivity contribution in [3.63, 3.8) is 0 Å². The zero-order valence-electron chi connectivity index (χ0n) is 11.8. The lowest BCUT2D eigenvalue weighted by Crippen LogP contribution is -1.84. The number of pyridine rings is 1. The number of fused-ring (bicyclic) bond motifs is 6. The molecule has 0 radical (unpaired) electrons. The molecule has 0 unspecified atom stereocenters. The van der Waals surface area contributed by atoms with Crippen molar-refractivity contribution >= 4 is 32.4 Å². The van der Waals surface area contributed by atoms with Crippen LogP contribution >= 0.6 is 0 Å². The molecule has 3 aromatic carbocycles. The average Bonchev–Trinajstić information content (AvgIpc) is 2.57. The highest BCUT2D eigenvalue weighted by Gasteiger charge is 2.07. The first-order chi connectivity index (χ1) is 9.95. The molecule has 0 atom stereocenters. The summed E-state index contributed by atoms with van der Waals surface area (Å²) in [5, 5.41) is 6.31. The first-order valence-electron chi connectivity index (χ1n) is 7.09. The van der Waals surface area contributed by atoms with Gasteiger partial charge in [0.15, 0.2) is 0 Å². The molecule has 1 heteroatoms. The molecule has 1 aromatic heterocycles. The highest BCUT2D eigenvalue weighted by Crippen LogP contribution is 2.33. The first kappa shape index (κ1) is 12.6. The molecule has 4 aromatic rings. The summed E-state index contributed by atoms with van der Waals surface area (Å²) < 4.78 is 0. The molecular weight excluding hydrogens is 242 g/mol. The van der Waals surface area contributed by atoms with E-state index >= 15 is 0 Å². The van der Waals surface area contributed by atoms with Gasteiger partial charge in [-0.2, -0.15) is 0 Å². The van der Waals surface area contributed by atoms with E-state index in [1.807, 2.05) is 26.1 Å².